The van der Waals surface area contributed by atoms with Gasteiger partial charge in [0.2, 0.25) is 5.91 Å². The summed E-state index contributed by atoms with van der Waals surface area (Å²) >= 11 is 0. The van der Waals surface area contributed by atoms with Crippen LogP contribution in [-0.2, 0) is 11.2 Å². The minimum Gasteiger partial charge on any atom is -0.490 e. The van der Waals surface area contributed by atoms with Crippen molar-refractivity contribution in [2.75, 3.05) is 19.8 Å². The number of nitrogens with two attached hydrogens (primary N) is 1. The molecule has 0 heterocycles. The van der Waals surface area contributed by atoms with E-state index in [1.165, 1.54) is 0 Å². The van der Waals surface area contributed by atoms with E-state index in [1.807, 2.05) is 39.0 Å². The van der Waals surface area contributed by atoms with Crippen LogP contribution in [0, 0.1) is 0 Å². The molecule has 0 aliphatic heterocycles. The molecule has 118 valence electrons. The highest BCUT2D eigenvalue weighted by molar-refractivity contribution is 5.81. The minimum absolute atomic E-state index is 0.103. The van der Waals surface area contributed by atoms with Crippen LogP contribution >= 0.6 is 0 Å². The second-order valence-corrected chi connectivity index (χ2v) is 4.70. The summed E-state index contributed by atoms with van der Waals surface area (Å²) in [6, 6.07) is 5.42. The van der Waals surface area contributed by atoms with Gasteiger partial charge in [-0.1, -0.05) is 13.0 Å². The quantitative estimate of drug-likeness (QED) is 0.729. The summed E-state index contributed by atoms with van der Waals surface area (Å²) in [6.07, 6.45) is 1.37. The summed E-state index contributed by atoms with van der Waals surface area (Å²) in [5.74, 6) is 1.39. The van der Waals surface area contributed by atoms with Crippen LogP contribution < -0.4 is 20.5 Å². The second kappa shape index (κ2) is 9.23. The lowest BCUT2D eigenvalue weighted by molar-refractivity contribution is -0.122. The van der Waals surface area contributed by atoms with Crippen molar-refractivity contribution in [2.45, 2.75) is 39.7 Å². The van der Waals surface area contributed by atoms with Gasteiger partial charge in [0.05, 0.1) is 19.3 Å². The highest BCUT2D eigenvalue weighted by Crippen LogP contribution is 2.28. The minimum atomic E-state index is -0.427. The second-order valence-electron chi connectivity index (χ2n) is 4.70. The average Bonchev–Trinajstić information content (AvgIpc) is 2.49. The van der Waals surface area contributed by atoms with Crippen LogP contribution in [0.15, 0.2) is 18.2 Å². The SMILES string of the molecule is CCOc1ccc(CCNC(=O)C(N)CC)cc1OCC. The molecule has 0 aliphatic rings. The van der Waals surface area contributed by atoms with Gasteiger partial charge in [0.1, 0.15) is 0 Å². The molecule has 0 aliphatic carbocycles. The van der Waals surface area contributed by atoms with Crippen molar-refractivity contribution in [3.8, 4) is 11.5 Å². The Morgan fingerprint density at radius 1 is 1.19 bits per heavy atom. The number of nitrogens with one attached hydrogen (secondary N) is 1. The third-order valence-electron chi connectivity index (χ3n) is 3.10. The Morgan fingerprint density at radius 2 is 1.86 bits per heavy atom. The van der Waals surface area contributed by atoms with Gasteiger partial charge >= 0.3 is 0 Å². The fraction of sp³-hybridized carbons (Fsp3) is 0.562. The van der Waals surface area contributed by atoms with Gasteiger partial charge in [0, 0.05) is 6.54 Å². The standard InChI is InChI=1S/C16H26N2O3/c1-4-13(17)16(19)18-10-9-12-7-8-14(20-5-2)15(11-12)21-6-3/h7-8,11,13H,4-6,9-10,17H2,1-3H3,(H,18,19). The van der Waals surface area contributed by atoms with Crippen LogP contribution in [0.4, 0.5) is 0 Å². The molecule has 0 radical (unpaired) electrons. The monoisotopic (exact) mass is 294 g/mol. The Hall–Kier alpha value is -1.75. The molecule has 1 atom stereocenters. The van der Waals surface area contributed by atoms with Crippen LogP contribution in [-0.4, -0.2) is 31.7 Å². The Kier molecular flexibility index (Phi) is 7.61. The highest BCUT2D eigenvalue weighted by Gasteiger charge is 2.10. The predicted molar refractivity (Wildman–Crippen MR) is 83.8 cm³/mol. The molecule has 0 spiro atoms. The Balaban J connectivity index is 2.59. The van der Waals surface area contributed by atoms with Crippen molar-refractivity contribution in [3.05, 3.63) is 23.8 Å². The summed E-state index contributed by atoms with van der Waals surface area (Å²) < 4.78 is 11.1. The summed E-state index contributed by atoms with van der Waals surface area (Å²) in [5, 5.41) is 2.84. The number of hydrogen-bond acceptors (Lipinski definition) is 4. The maximum absolute atomic E-state index is 11.6. The Morgan fingerprint density at radius 3 is 2.48 bits per heavy atom. The summed E-state index contributed by atoms with van der Waals surface area (Å²) in [6.45, 7) is 7.53. The number of hydrogen-bond donors (Lipinski definition) is 2. The zero-order valence-corrected chi connectivity index (χ0v) is 13.1. The van der Waals surface area contributed by atoms with Gasteiger partial charge in [-0.3, -0.25) is 4.79 Å². The smallest absolute Gasteiger partial charge is 0.236 e. The van der Waals surface area contributed by atoms with Crippen LogP contribution in [0.3, 0.4) is 0 Å². The number of carbonyl (C=O) groups excluding carboxylic acids is 1. The molecule has 0 bridgehead atoms. The highest BCUT2D eigenvalue weighted by atomic mass is 16.5. The first-order valence-corrected chi connectivity index (χ1v) is 7.54. The number of ether oxygens (including phenoxy) is 2. The number of rotatable bonds is 9. The molecule has 0 saturated heterocycles. The molecule has 1 aromatic rings. The molecule has 1 rings (SSSR count). The van der Waals surface area contributed by atoms with E-state index in [9.17, 15) is 4.79 Å². The Labute approximate surface area is 126 Å². The van der Waals surface area contributed by atoms with Gasteiger partial charge in [-0.25, -0.2) is 0 Å². The lowest BCUT2D eigenvalue weighted by Crippen LogP contribution is -2.40. The molecule has 1 amide bonds. The van der Waals surface area contributed by atoms with Crippen LogP contribution in [0.5, 0.6) is 11.5 Å². The van der Waals surface area contributed by atoms with Gasteiger partial charge < -0.3 is 20.5 Å². The van der Waals surface area contributed by atoms with E-state index in [2.05, 4.69) is 5.32 Å². The number of carbonyl (C=O) groups is 1. The normalized spacial score (nSPS) is 11.8. The first-order valence-electron chi connectivity index (χ1n) is 7.54. The van der Waals surface area contributed by atoms with Gasteiger partial charge in [-0.15, -0.1) is 0 Å². The van der Waals surface area contributed by atoms with Crippen molar-refractivity contribution >= 4 is 5.91 Å². The first-order chi connectivity index (χ1) is 10.1. The van der Waals surface area contributed by atoms with Crippen molar-refractivity contribution in [1.29, 1.82) is 0 Å². The van der Waals surface area contributed by atoms with E-state index in [0.717, 1.165) is 23.5 Å². The zero-order chi connectivity index (χ0) is 15.7. The molecular weight excluding hydrogens is 268 g/mol. The maximum Gasteiger partial charge on any atom is 0.236 e. The van der Waals surface area contributed by atoms with Crippen LogP contribution in [0.2, 0.25) is 0 Å². The fourth-order valence-corrected chi connectivity index (χ4v) is 1.90. The van der Waals surface area contributed by atoms with Gasteiger partial charge in [-0.2, -0.15) is 0 Å². The van der Waals surface area contributed by atoms with Gasteiger partial charge in [0.15, 0.2) is 11.5 Å². The van der Waals surface area contributed by atoms with Crippen molar-refractivity contribution < 1.29 is 14.3 Å². The van der Waals surface area contributed by atoms with Gasteiger partial charge in [0.25, 0.3) is 0 Å². The van der Waals surface area contributed by atoms with E-state index >= 15 is 0 Å². The topological polar surface area (TPSA) is 73.6 Å². The number of benzene rings is 1. The van der Waals surface area contributed by atoms with Crippen LogP contribution in [0.25, 0.3) is 0 Å². The lowest BCUT2D eigenvalue weighted by atomic mass is 10.1. The summed E-state index contributed by atoms with van der Waals surface area (Å²) in [4.78, 5) is 11.6. The zero-order valence-electron chi connectivity index (χ0n) is 13.1. The fourth-order valence-electron chi connectivity index (χ4n) is 1.90. The molecule has 3 N–H and O–H groups in total. The molecule has 0 fully saturated rings. The molecule has 5 nitrogen and oxygen atoms in total. The van der Waals surface area contributed by atoms with Gasteiger partial charge in [-0.05, 0) is 44.4 Å². The molecule has 21 heavy (non-hydrogen) atoms. The summed E-state index contributed by atoms with van der Waals surface area (Å²) in [7, 11) is 0. The molecule has 0 saturated carbocycles. The third-order valence-corrected chi connectivity index (χ3v) is 3.10. The number of amides is 1. The van der Waals surface area contributed by atoms with E-state index < -0.39 is 6.04 Å². The van der Waals surface area contributed by atoms with E-state index in [1.54, 1.807) is 0 Å². The maximum atomic E-state index is 11.6. The first kappa shape index (κ1) is 17.3. The van der Waals surface area contributed by atoms with Crippen molar-refractivity contribution in [1.82, 2.24) is 5.32 Å². The molecule has 1 unspecified atom stereocenters. The van der Waals surface area contributed by atoms with E-state index in [-0.39, 0.29) is 5.91 Å². The van der Waals surface area contributed by atoms with Crippen molar-refractivity contribution in [3.63, 3.8) is 0 Å². The predicted octanol–water partition coefficient (Wildman–Crippen LogP) is 1.88. The average molecular weight is 294 g/mol. The largest absolute Gasteiger partial charge is 0.490 e. The third kappa shape index (κ3) is 5.63. The molecule has 5 heteroatoms. The molecule has 1 aromatic carbocycles. The lowest BCUT2D eigenvalue weighted by Gasteiger charge is -2.13. The van der Waals surface area contributed by atoms with Crippen molar-refractivity contribution in [2.24, 2.45) is 5.73 Å². The molecule has 0 aromatic heterocycles. The van der Waals surface area contributed by atoms with E-state index in [0.29, 0.717) is 26.2 Å². The van der Waals surface area contributed by atoms with E-state index in [4.69, 9.17) is 15.2 Å². The Bertz CT molecular complexity index is 449. The molecular formula is C16H26N2O3. The summed E-state index contributed by atoms with van der Waals surface area (Å²) in [5.41, 5.74) is 6.75. The van der Waals surface area contributed by atoms with Crippen LogP contribution in [0.1, 0.15) is 32.8 Å².